The smallest absolute Gasteiger partial charge is 0.250 e. The van der Waals surface area contributed by atoms with Crippen LogP contribution in [-0.4, -0.2) is 74.1 Å². The van der Waals surface area contributed by atoms with Crippen LogP contribution < -0.4 is 5.50 Å². The molecule has 44 heavy (non-hydrogen) atoms. The van der Waals surface area contributed by atoms with Crippen molar-refractivity contribution in [1.82, 2.24) is 0 Å². The van der Waals surface area contributed by atoms with E-state index in [9.17, 15) is 4.89 Å². The van der Waals surface area contributed by atoms with Gasteiger partial charge in [0.05, 0.1) is 59.0 Å². The van der Waals surface area contributed by atoms with E-state index in [0.717, 1.165) is 48.3 Å². The van der Waals surface area contributed by atoms with Crippen LogP contribution in [0.15, 0.2) is 11.6 Å². The Morgan fingerprint density at radius 1 is 0.864 bits per heavy atom. The lowest BCUT2D eigenvalue weighted by atomic mass is 9.47. The van der Waals surface area contributed by atoms with Gasteiger partial charge in [0, 0.05) is 0 Å². The molecule has 3 saturated carbocycles. The quantitative estimate of drug-likeness (QED) is 0.0793. The van der Waals surface area contributed by atoms with Gasteiger partial charge in [0.1, 0.15) is 0 Å². The molecule has 0 heterocycles. The molecule has 4 aliphatic rings. The lowest BCUT2D eigenvalue weighted by Crippen LogP contribution is -2.51. The van der Waals surface area contributed by atoms with Gasteiger partial charge in [-0.15, -0.1) is 0 Å². The van der Waals surface area contributed by atoms with Crippen LogP contribution in [0.3, 0.4) is 0 Å². The van der Waals surface area contributed by atoms with Crippen molar-refractivity contribution < 1.29 is 33.8 Å². The van der Waals surface area contributed by atoms with Gasteiger partial charge in [0.15, 0.2) is 0 Å². The van der Waals surface area contributed by atoms with E-state index in [1.54, 1.807) is 5.57 Å². The molecule has 0 radical (unpaired) electrons. The summed E-state index contributed by atoms with van der Waals surface area (Å²) in [4.78, 5) is 9.53. The molecule has 5 N–H and O–H groups in total. The van der Waals surface area contributed by atoms with Crippen LogP contribution in [0.5, 0.6) is 0 Å². The van der Waals surface area contributed by atoms with E-state index in [0.29, 0.717) is 50.5 Å². The molecule has 0 saturated heterocycles. The Balaban J connectivity index is 0.000000345. The monoisotopic (exact) mass is 643 g/mol. The number of aliphatic hydroxyl groups excluding tert-OH is 2. The van der Waals surface area contributed by atoms with Crippen LogP contribution in [0.1, 0.15) is 105 Å². The van der Waals surface area contributed by atoms with Crippen molar-refractivity contribution >= 4 is 8.53 Å². The van der Waals surface area contributed by atoms with Crippen LogP contribution in [0.2, 0.25) is 0 Å². The highest BCUT2D eigenvalue weighted by Gasteiger charge is 2.59. The SMILES string of the molecule is CC(C)CCC[C@@H](C)[C@H]1CCC2C3CC=C4CC(OP(N)O)CC[C@]4(C)C3CC[C@@]21C.OCCOCCOCCOCCO. The highest BCUT2D eigenvalue weighted by molar-refractivity contribution is 7.43. The Bertz CT molecular complexity index is 834. The topological polar surface area (TPSA) is 124 Å². The average molecular weight is 644 g/mol. The van der Waals surface area contributed by atoms with Crippen molar-refractivity contribution in [3.63, 3.8) is 0 Å². The van der Waals surface area contributed by atoms with E-state index in [2.05, 4.69) is 40.7 Å². The van der Waals surface area contributed by atoms with E-state index < -0.39 is 8.53 Å². The number of hydrogen-bond donors (Lipinski definition) is 4. The molecule has 4 aliphatic carbocycles. The minimum atomic E-state index is -1.74. The third kappa shape index (κ3) is 10.4. The van der Waals surface area contributed by atoms with Crippen molar-refractivity contribution in [2.24, 2.45) is 51.8 Å². The molecule has 4 rings (SSSR count). The normalized spacial score (nSPS) is 34.3. The zero-order valence-electron chi connectivity index (χ0n) is 28.6. The lowest BCUT2D eigenvalue weighted by molar-refractivity contribution is -0.0558. The molecular formula is C35H66NO7P. The number of hydrogen-bond acceptors (Lipinski definition) is 8. The van der Waals surface area contributed by atoms with Gasteiger partial charge in [-0.25, -0.2) is 0 Å². The van der Waals surface area contributed by atoms with Crippen molar-refractivity contribution in [2.45, 2.75) is 111 Å². The Morgan fingerprint density at radius 2 is 1.50 bits per heavy atom. The molecule has 0 aromatic heterocycles. The number of allylic oxidation sites excluding steroid dienone is 1. The molecule has 9 atom stereocenters. The van der Waals surface area contributed by atoms with Crippen LogP contribution in [-0.2, 0) is 18.7 Å². The molecule has 0 aromatic rings. The fourth-order valence-corrected chi connectivity index (χ4v) is 10.1. The number of aliphatic hydroxyl groups is 2. The van der Waals surface area contributed by atoms with Gasteiger partial charge in [0.25, 0.3) is 0 Å². The highest BCUT2D eigenvalue weighted by atomic mass is 31.2. The minimum Gasteiger partial charge on any atom is -0.394 e. The second-order valence-electron chi connectivity index (χ2n) is 14.8. The second-order valence-corrected chi connectivity index (χ2v) is 15.7. The summed E-state index contributed by atoms with van der Waals surface area (Å²) in [5.74, 6) is 5.29. The number of nitrogens with two attached hydrogens (primary N) is 1. The Morgan fingerprint density at radius 3 is 2.09 bits per heavy atom. The van der Waals surface area contributed by atoms with Gasteiger partial charge in [-0.3, -0.25) is 5.50 Å². The predicted octanol–water partition coefficient (Wildman–Crippen LogP) is 6.61. The summed E-state index contributed by atoms with van der Waals surface area (Å²) in [5.41, 5.74) is 8.08. The molecule has 0 spiro atoms. The van der Waals surface area contributed by atoms with Gasteiger partial charge in [0.2, 0.25) is 8.53 Å². The third-order valence-corrected chi connectivity index (χ3v) is 12.2. The molecule has 3 fully saturated rings. The minimum absolute atomic E-state index is 0.0413. The Labute approximate surface area is 269 Å². The lowest BCUT2D eigenvalue weighted by Gasteiger charge is -2.58. The van der Waals surface area contributed by atoms with Crippen molar-refractivity contribution in [3.8, 4) is 0 Å². The molecule has 0 amide bonds. The van der Waals surface area contributed by atoms with Gasteiger partial charge >= 0.3 is 0 Å². The summed E-state index contributed by atoms with van der Waals surface area (Å²) in [7, 11) is -1.74. The molecule has 5 unspecified atom stereocenters. The second kappa shape index (κ2) is 19.0. The van der Waals surface area contributed by atoms with E-state index >= 15 is 0 Å². The zero-order valence-corrected chi connectivity index (χ0v) is 29.4. The van der Waals surface area contributed by atoms with Crippen LogP contribution in [0, 0.1) is 46.3 Å². The summed E-state index contributed by atoms with van der Waals surface area (Å²) >= 11 is 0. The van der Waals surface area contributed by atoms with Gasteiger partial charge in [-0.05, 0) is 97.7 Å². The molecule has 8 nitrogen and oxygen atoms in total. The van der Waals surface area contributed by atoms with E-state index in [1.165, 1.54) is 57.8 Å². The molecule has 258 valence electrons. The van der Waals surface area contributed by atoms with E-state index in [4.69, 9.17) is 34.5 Å². The first kappa shape index (κ1) is 38.3. The maximum atomic E-state index is 9.53. The zero-order chi connectivity index (χ0) is 32.2. The number of rotatable bonds is 17. The molecule has 0 aliphatic heterocycles. The van der Waals surface area contributed by atoms with Gasteiger partial charge < -0.3 is 33.8 Å². The van der Waals surface area contributed by atoms with E-state index in [-0.39, 0.29) is 19.3 Å². The molecule has 0 aromatic carbocycles. The van der Waals surface area contributed by atoms with Crippen molar-refractivity contribution in [3.05, 3.63) is 11.6 Å². The Kier molecular flexibility index (Phi) is 16.5. The van der Waals surface area contributed by atoms with Crippen LogP contribution in [0.4, 0.5) is 0 Å². The van der Waals surface area contributed by atoms with Crippen LogP contribution >= 0.6 is 8.53 Å². The summed E-state index contributed by atoms with van der Waals surface area (Å²) in [5, 5.41) is 16.7. The first-order valence-electron chi connectivity index (χ1n) is 17.6. The van der Waals surface area contributed by atoms with Crippen molar-refractivity contribution in [2.75, 3.05) is 52.9 Å². The van der Waals surface area contributed by atoms with Crippen LogP contribution in [0.25, 0.3) is 0 Å². The summed E-state index contributed by atoms with van der Waals surface area (Å²) in [6, 6.07) is 0. The predicted molar refractivity (Wildman–Crippen MR) is 178 cm³/mol. The summed E-state index contributed by atoms with van der Waals surface area (Å²) in [6.07, 6.45) is 17.2. The maximum absolute atomic E-state index is 9.53. The maximum Gasteiger partial charge on any atom is 0.250 e. The first-order valence-corrected chi connectivity index (χ1v) is 18.9. The summed E-state index contributed by atoms with van der Waals surface area (Å²) < 4.78 is 20.7. The Hall–Kier alpha value is -0.150. The van der Waals surface area contributed by atoms with E-state index in [1.807, 2.05) is 0 Å². The average Bonchev–Trinajstić information content (AvgIpc) is 3.34. The van der Waals surface area contributed by atoms with Crippen molar-refractivity contribution in [1.29, 1.82) is 0 Å². The molecular weight excluding hydrogens is 577 g/mol. The standard InChI is InChI=1S/C27H48NO2P.C8H18O5/c1-18(2)7-6-8-19(3)23-11-12-24-22-10-9-20-17-21(30-31(28)29)13-15-26(20,4)25(22)14-16-27(23,24)5;9-1-3-11-5-7-13-8-6-12-4-2-10/h9,18-19,21-25,29H,6-8,10-17,28H2,1-5H3;9-10H,1-8H2/t19-,21?,22?,23-,24?,25?,26+,27-,31?;/m1./s1. The largest absolute Gasteiger partial charge is 0.394 e. The number of fused-ring (bicyclic) bond motifs is 5. The fraction of sp³-hybridized carbons (Fsp3) is 0.943. The summed E-state index contributed by atoms with van der Waals surface area (Å²) in [6.45, 7) is 15.3. The fourth-order valence-electron chi connectivity index (χ4n) is 9.57. The third-order valence-electron chi connectivity index (χ3n) is 11.7. The highest BCUT2D eigenvalue weighted by Crippen LogP contribution is 2.67. The first-order chi connectivity index (χ1) is 21.1. The van der Waals surface area contributed by atoms with Gasteiger partial charge in [-0.2, -0.15) is 0 Å². The molecule has 9 heteroatoms. The van der Waals surface area contributed by atoms with Gasteiger partial charge in [-0.1, -0.05) is 65.5 Å². The molecule has 0 bridgehead atoms. The number of ether oxygens (including phenoxy) is 3.